The van der Waals surface area contributed by atoms with Crippen molar-refractivity contribution in [1.82, 2.24) is 10.6 Å². The Morgan fingerprint density at radius 3 is 1.27 bits per heavy atom. The Bertz CT molecular complexity index is 857. The Hall–Kier alpha value is -3.42. The predicted molar refractivity (Wildman–Crippen MR) is 165 cm³/mol. The number of carbonyl (C=O) groups is 2. The topological polar surface area (TPSA) is 101 Å². The fourth-order valence-corrected chi connectivity index (χ4v) is 4.06. The molecule has 2 aromatic carbocycles. The summed E-state index contributed by atoms with van der Waals surface area (Å²) < 4.78 is 11.5. The number of anilines is 2. The molecule has 0 bridgehead atoms. The van der Waals surface area contributed by atoms with E-state index in [1.165, 1.54) is 38.5 Å². The molecule has 0 radical (unpaired) electrons. The second kappa shape index (κ2) is 21.4. The molecule has 0 aliphatic heterocycles. The Balaban J connectivity index is 1.45. The highest BCUT2D eigenvalue weighted by Crippen LogP contribution is 2.17. The number of unbranched alkanes of at least 4 members (excludes halogenated alkanes) is 9. The molecule has 2 aromatic rings. The van der Waals surface area contributed by atoms with Crippen LogP contribution in [0.2, 0.25) is 0 Å². The minimum absolute atomic E-state index is 0.210. The molecule has 0 saturated heterocycles. The highest BCUT2D eigenvalue weighted by atomic mass is 16.5. The molecular formula is C32H50N4O4. The first-order chi connectivity index (χ1) is 19.6. The lowest BCUT2D eigenvalue weighted by Gasteiger charge is -2.10. The van der Waals surface area contributed by atoms with Gasteiger partial charge in [-0.05, 0) is 74.2 Å². The minimum Gasteiger partial charge on any atom is -0.494 e. The van der Waals surface area contributed by atoms with Crippen molar-refractivity contribution < 1.29 is 19.1 Å². The SMILES string of the molecule is CCCCCCOc1ccc(NC(=O)NCCCCCCNC(=O)Nc2ccc(OCCCCCC)cc2)cc1. The maximum atomic E-state index is 12.1. The second-order valence-electron chi connectivity index (χ2n) is 10.0. The molecule has 0 spiro atoms. The molecule has 0 unspecified atom stereocenters. The molecule has 8 nitrogen and oxygen atoms in total. The quantitative estimate of drug-likeness (QED) is 0.117. The molecule has 222 valence electrons. The van der Waals surface area contributed by atoms with Crippen molar-refractivity contribution in [1.29, 1.82) is 0 Å². The lowest BCUT2D eigenvalue weighted by molar-refractivity contribution is 0.250. The van der Waals surface area contributed by atoms with E-state index in [1.54, 1.807) is 0 Å². The second-order valence-corrected chi connectivity index (χ2v) is 10.0. The van der Waals surface area contributed by atoms with Crippen LogP contribution in [0.1, 0.15) is 90.9 Å². The van der Waals surface area contributed by atoms with Gasteiger partial charge in [0.25, 0.3) is 0 Å². The standard InChI is InChI=1S/C32H50N4O4/c1-3-5-7-13-25-39-29-19-15-27(16-20-29)35-31(37)33-23-11-9-10-12-24-34-32(38)36-28-17-21-30(22-18-28)40-26-14-8-6-4-2/h15-22H,3-14,23-26H2,1-2H3,(H2,33,35,37)(H2,34,36,38). The largest absolute Gasteiger partial charge is 0.494 e. The molecular weight excluding hydrogens is 504 g/mol. The average Bonchev–Trinajstić information content (AvgIpc) is 2.96. The highest BCUT2D eigenvalue weighted by molar-refractivity contribution is 5.89. The molecule has 8 heteroatoms. The number of ether oxygens (including phenoxy) is 2. The predicted octanol–water partition coefficient (Wildman–Crippen LogP) is 8.11. The van der Waals surface area contributed by atoms with Gasteiger partial charge in [-0.3, -0.25) is 0 Å². The summed E-state index contributed by atoms with van der Waals surface area (Å²) in [6, 6.07) is 14.5. The molecule has 4 N–H and O–H groups in total. The van der Waals surface area contributed by atoms with E-state index in [4.69, 9.17) is 9.47 Å². The van der Waals surface area contributed by atoms with E-state index in [-0.39, 0.29) is 12.1 Å². The summed E-state index contributed by atoms with van der Waals surface area (Å²) in [5.74, 6) is 1.64. The first-order valence-corrected chi connectivity index (χ1v) is 15.2. The average molecular weight is 555 g/mol. The van der Waals surface area contributed by atoms with Gasteiger partial charge in [-0.25, -0.2) is 9.59 Å². The number of carbonyl (C=O) groups excluding carboxylic acids is 2. The van der Waals surface area contributed by atoms with Crippen molar-refractivity contribution in [2.24, 2.45) is 0 Å². The fourth-order valence-electron chi connectivity index (χ4n) is 4.06. The number of benzene rings is 2. The van der Waals surface area contributed by atoms with E-state index in [9.17, 15) is 9.59 Å². The van der Waals surface area contributed by atoms with E-state index in [0.717, 1.165) is 74.6 Å². The van der Waals surface area contributed by atoms with Crippen LogP contribution in [-0.4, -0.2) is 38.4 Å². The molecule has 40 heavy (non-hydrogen) atoms. The van der Waals surface area contributed by atoms with Crippen molar-refractivity contribution in [3.05, 3.63) is 48.5 Å². The van der Waals surface area contributed by atoms with Gasteiger partial charge in [0.2, 0.25) is 0 Å². The molecule has 2 rings (SSSR count). The van der Waals surface area contributed by atoms with Crippen molar-refractivity contribution in [3.8, 4) is 11.5 Å². The van der Waals surface area contributed by atoms with E-state index in [2.05, 4.69) is 35.1 Å². The number of urea groups is 2. The molecule has 0 saturated carbocycles. The van der Waals surface area contributed by atoms with Crippen LogP contribution >= 0.6 is 0 Å². The Morgan fingerprint density at radius 2 is 0.900 bits per heavy atom. The zero-order valence-electron chi connectivity index (χ0n) is 24.6. The number of amides is 4. The van der Waals surface area contributed by atoms with Gasteiger partial charge in [0, 0.05) is 24.5 Å². The summed E-state index contributed by atoms with van der Waals surface area (Å²) in [4.78, 5) is 24.2. The van der Waals surface area contributed by atoms with E-state index in [0.29, 0.717) is 13.1 Å². The summed E-state index contributed by atoms with van der Waals surface area (Å²) in [5.41, 5.74) is 1.48. The third kappa shape index (κ3) is 15.9. The molecule has 0 aromatic heterocycles. The van der Waals surface area contributed by atoms with E-state index >= 15 is 0 Å². The van der Waals surface area contributed by atoms with Crippen molar-refractivity contribution in [3.63, 3.8) is 0 Å². The van der Waals surface area contributed by atoms with Crippen molar-refractivity contribution in [2.45, 2.75) is 90.9 Å². The van der Waals surface area contributed by atoms with Crippen LogP contribution in [0.5, 0.6) is 11.5 Å². The summed E-state index contributed by atoms with van der Waals surface area (Å²) in [5, 5.41) is 11.5. The summed E-state index contributed by atoms with van der Waals surface area (Å²) >= 11 is 0. The van der Waals surface area contributed by atoms with Gasteiger partial charge >= 0.3 is 12.1 Å². The number of rotatable bonds is 21. The molecule has 4 amide bonds. The zero-order chi connectivity index (χ0) is 28.7. The van der Waals surface area contributed by atoms with Crippen LogP contribution in [0.25, 0.3) is 0 Å². The maximum absolute atomic E-state index is 12.1. The Kier molecular flexibility index (Phi) is 17.5. The van der Waals surface area contributed by atoms with Crippen LogP contribution in [-0.2, 0) is 0 Å². The van der Waals surface area contributed by atoms with Crippen LogP contribution in [0.15, 0.2) is 48.5 Å². The number of hydrogen-bond acceptors (Lipinski definition) is 4. The molecule has 0 heterocycles. The van der Waals surface area contributed by atoms with Gasteiger partial charge in [-0.15, -0.1) is 0 Å². The fraction of sp³-hybridized carbons (Fsp3) is 0.562. The monoisotopic (exact) mass is 554 g/mol. The zero-order valence-corrected chi connectivity index (χ0v) is 24.6. The van der Waals surface area contributed by atoms with Crippen LogP contribution in [0.4, 0.5) is 21.0 Å². The number of hydrogen-bond donors (Lipinski definition) is 4. The lowest BCUT2D eigenvalue weighted by Crippen LogP contribution is -2.30. The van der Waals surface area contributed by atoms with Gasteiger partial charge in [0.1, 0.15) is 11.5 Å². The summed E-state index contributed by atoms with van der Waals surface area (Å²) in [7, 11) is 0. The van der Waals surface area contributed by atoms with Gasteiger partial charge in [-0.2, -0.15) is 0 Å². The Labute approximate surface area is 241 Å². The highest BCUT2D eigenvalue weighted by Gasteiger charge is 2.04. The normalized spacial score (nSPS) is 10.6. The van der Waals surface area contributed by atoms with Crippen LogP contribution < -0.4 is 30.7 Å². The smallest absolute Gasteiger partial charge is 0.319 e. The maximum Gasteiger partial charge on any atom is 0.319 e. The van der Waals surface area contributed by atoms with Gasteiger partial charge in [0.05, 0.1) is 13.2 Å². The van der Waals surface area contributed by atoms with Crippen molar-refractivity contribution >= 4 is 23.4 Å². The van der Waals surface area contributed by atoms with Crippen molar-refractivity contribution in [2.75, 3.05) is 36.9 Å². The lowest BCUT2D eigenvalue weighted by atomic mass is 10.2. The summed E-state index contributed by atoms with van der Waals surface area (Å²) in [6.07, 6.45) is 13.1. The molecule has 0 aliphatic rings. The Morgan fingerprint density at radius 1 is 0.525 bits per heavy atom. The van der Waals surface area contributed by atoms with Gasteiger partial charge in [-0.1, -0.05) is 65.2 Å². The molecule has 0 fully saturated rings. The van der Waals surface area contributed by atoms with Gasteiger partial charge < -0.3 is 30.7 Å². The van der Waals surface area contributed by atoms with Crippen LogP contribution in [0.3, 0.4) is 0 Å². The first-order valence-electron chi connectivity index (χ1n) is 15.2. The van der Waals surface area contributed by atoms with Gasteiger partial charge in [0.15, 0.2) is 0 Å². The third-order valence-corrected chi connectivity index (χ3v) is 6.43. The van der Waals surface area contributed by atoms with E-state index in [1.807, 2.05) is 48.5 Å². The third-order valence-electron chi connectivity index (χ3n) is 6.43. The summed E-state index contributed by atoms with van der Waals surface area (Å²) in [6.45, 7) is 7.05. The van der Waals surface area contributed by atoms with E-state index < -0.39 is 0 Å². The number of nitrogens with one attached hydrogen (secondary N) is 4. The minimum atomic E-state index is -0.210. The first kappa shape index (κ1) is 32.8. The van der Waals surface area contributed by atoms with Crippen LogP contribution in [0, 0.1) is 0 Å². The molecule has 0 aliphatic carbocycles. The molecule has 0 atom stereocenters.